The van der Waals surface area contributed by atoms with Crippen LogP contribution in [-0.2, 0) is 19.7 Å². The number of hydrogen-bond donors (Lipinski definition) is 2. The van der Waals surface area contributed by atoms with Gasteiger partial charge in [0.2, 0.25) is 11.8 Å². The van der Waals surface area contributed by atoms with Gasteiger partial charge in [0, 0.05) is 31.6 Å². The molecule has 1 heterocycles. The molecule has 2 N–H and O–H groups in total. The Morgan fingerprint density at radius 2 is 1.83 bits per heavy atom. The highest BCUT2D eigenvalue weighted by Gasteiger charge is 2.35. The average Bonchev–Trinajstić information content (AvgIpc) is 2.59. The molecule has 0 radical (unpaired) electrons. The van der Waals surface area contributed by atoms with Crippen molar-refractivity contribution in [3.63, 3.8) is 0 Å². The van der Waals surface area contributed by atoms with Gasteiger partial charge in [0.1, 0.15) is 0 Å². The highest BCUT2D eigenvalue weighted by atomic mass is 16.5. The van der Waals surface area contributed by atoms with Gasteiger partial charge in [-0.2, -0.15) is 0 Å². The van der Waals surface area contributed by atoms with Crippen molar-refractivity contribution >= 4 is 11.8 Å². The van der Waals surface area contributed by atoms with E-state index in [0.29, 0.717) is 26.2 Å². The SMILES string of the molecule is CCC(=O)NCC(=O)NCC1(c2ccccc2C)CCOCC1. The first kappa shape index (κ1) is 17.5. The minimum absolute atomic E-state index is 0.0347. The predicted octanol–water partition coefficient (Wildman–Crippen LogP) is 1.69. The number of carbonyl (C=O) groups is 2. The first-order valence-electron chi connectivity index (χ1n) is 8.24. The van der Waals surface area contributed by atoms with E-state index in [4.69, 9.17) is 4.74 Å². The fraction of sp³-hybridized carbons (Fsp3) is 0.556. The Kier molecular flexibility index (Phi) is 6.16. The number of aryl methyl sites for hydroxylation is 1. The van der Waals surface area contributed by atoms with Crippen LogP contribution in [0.5, 0.6) is 0 Å². The highest BCUT2D eigenvalue weighted by molar-refractivity contribution is 5.84. The summed E-state index contributed by atoms with van der Waals surface area (Å²) in [7, 11) is 0. The number of hydrogen-bond acceptors (Lipinski definition) is 3. The third-order valence-electron chi connectivity index (χ3n) is 4.56. The number of nitrogens with one attached hydrogen (secondary N) is 2. The van der Waals surface area contributed by atoms with Crippen LogP contribution in [0.3, 0.4) is 0 Å². The van der Waals surface area contributed by atoms with Gasteiger partial charge >= 0.3 is 0 Å². The summed E-state index contributed by atoms with van der Waals surface area (Å²) in [4.78, 5) is 23.3. The van der Waals surface area contributed by atoms with Crippen LogP contribution in [0.15, 0.2) is 24.3 Å². The van der Waals surface area contributed by atoms with E-state index in [1.807, 2.05) is 12.1 Å². The summed E-state index contributed by atoms with van der Waals surface area (Å²) in [5, 5.41) is 5.60. The number of rotatable bonds is 6. The van der Waals surface area contributed by atoms with E-state index in [-0.39, 0.29) is 23.8 Å². The van der Waals surface area contributed by atoms with Gasteiger partial charge in [-0.15, -0.1) is 0 Å². The van der Waals surface area contributed by atoms with Gasteiger partial charge in [-0.25, -0.2) is 0 Å². The van der Waals surface area contributed by atoms with Crippen LogP contribution >= 0.6 is 0 Å². The molecule has 0 unspecified atom stereocenters. The fourth-order valence-corrected chi connectivity index (χ4v) is 3.11. The molecule has 5 nitrogen and oxygen atoms in total. The van der Waals surface area contributed by atoms with Crippen molar-refractivity contribution in [3.8, 4) is 0 Å². The molecule has 2 amide bonds. The summed E-state index contributed by atoms with van der Waals surface area (Å²) in [6.07, 6.45) is 2.16. The van der Waals surface area contributed by atoms with Crippen molar-refractivity contribution < 1.29 is 14.3 Å². The zero-order chi connectivity index (χ0) is 16.7. The van der Waals surface area contributed by atoms with E-state index in [0.717, 1.165) is 12.8 Å². The summed E-state index contributed by atoms with van der Waals surface area (Å²) in [5.74, 6) is -0.258. The summed E-state index contributed by atoms with van der Waals surface area (Å²) in [6, 6.07) is 8.33. The Labute approximate surface area is 137 Å². The Bertz CT molecular complexity index is 551. The molecule has 23 heavy (non-hydrogen) atoms. The quantitative estimate of drug-likeness (QED) is 0.839. The number of ether oxygens (including phenoxy) is 1. The van der Waals surface area contributed by atoms with E-state index in [1.54, 1.807) is 6.92 Å². The van der Waals surface area contributed by atoms with Crippen LogP contribution in [0.1, 0.15) is 37.3 Å². The van der Waals surface area contributed by atoms with Gasteiger partial charge in [0.25, 0.3) is 0 Å². The van der Waals surface area contributed by atoms with E-state index >= 15 is 0 Å². The number of benzene rings is 1. The summed E-state index contributed by atoms with van der Waals surface area (Å²) < 4.78 is 5.52. The van der Waals surface area contributed by atoms with Crippen molar-refractivity contribution in [1.82, 2.24) is 10.6 Å². The normalized spacial score (nSPS) is 16.6. The summed E-state index contributed by atoms with van der Waals surface area (Å²) >= 11 is 0. The lowest BCUT2D eigenvalue weighted by atomic mass is 9.72. The van der Waals surface area contributed by atoms with Crippen molar-refractivity contribution in [2.24, 2.45) is 0 Å². The monoisotopic (exact) mass is 318 g/mol. The standard InChI is InChI=1S/C18H26N2O3/c1-3-16(21)19-12-17(22)20-13-18(8-10-23-11-9-18)15-7-5-4-6-14(15)2/h4-7H,3,8-13H2,1-2H3,(H,19,21)(H,20,22). The van der Waals surface area contributed by atoms with Crippen LogP contribution in [-0.4, -0.2) is 38.1 Å². The molecule has 0 aromatic heterocycles. The zero-order valence-corrected chi connectivity index (χ0v) is 14.0. The molecule has 1 fully saturated rings. The van der Waals surface area contributed by atoms with E-state index in [9.17, 15) is 9.59 Å². The number of amides is 2. The molecule has 1 saturated heterocycles. The lowest BCUT2D eigenvalue weighted by molar-refractivity contribution is -0.126. The Morgan fingerprint density at radius 3 is 2.48 bits per heavy atom. The van der Waals surface area contributed by atoms with E-state index < -0.39 is 0 Å². The second-order valence-electron chi connectivity index (χ2n) is 6.11. The molecule has 126 valence electrons. The van der Waals surface area contributed by atoms with Gasteiger partial charge in [-0.3, -0.25) is 9.59 Å². The minimum atomic E-state index is -0.147. The van der Waals surface area contributed by atoms with Crippen LogP contribution < -0.4 is 10.6 Å². The molecule has 1 aromatic rings. The number of carbonyl (C=O) groups excluding carboxylic acids is 2. The van der Waals surface area contributed by atoms with E-state index in [1.165, 1.54) is 11.1 Å². The molecular formula is C18H26N2O3. The van der Waals surface area contributed by atoms with E-state index in [2.05, 4.69) is 29.7 Å². The molecule has 1 aromatic carbocycles. The molecule has 0 spiro atoms. The van der Waals surface area contributed by atoms with Crippen LogP contribution in [0, 0.1) is 6.92 Å². The average molecular weight is 318 g/mol. The van der Waals surface area contributed by atoms with Gasteiger partial charge < -0.3 is 15.4 Å². The van der Waals surface area contributed by atoms with Crippen molar-refractivity contribution in [3.05, 3.63) is 35.4 Å². The molecule has 0 bridgehead atoms. The van der Waals surface area contributed by atoms with Crippen LogP contribution in [0.4, 0.5) is 0 Å². The second kappa shape index (κ2) is 8.11. The maximum absolute atomic E-state index is 12.0. The van der Waals surface area contributed by atoms with Crippen LogP contribution in [0.2, 0.25) is 0 Å². The lowest BCUT2D eigenvalue weighted by Crippen LogP contribution is -2.47. The highest BCUT2D eigenvalue weighted by Crippen LogP contribution is 2.36. The molecule has 0 aliphatic carbocycles. The first-order chi connectivity index (χ1) is 11.1. The fourth-order valence-electron chi connectivity index (χ4n) is 3.11. The molecular weight excluding hydrogens is 292 g/mol. The third kappa shape index (κ3) is 4.55. The second-order valence-corrected chi connectivity index (χ2v) is 6.11. The van der Waals surface area contributed by atoms with Gasteiger partial charge in [-0.1, -0.05) is 31.2 Å². The molecule has 1 aliphatic rings. The Morgan fingerprint density at radius 1 is 1.13 bits per heavy atom. The molecule has 0 atom stereocenters. The van der Waals surface area contributed by atoms with Crippen molar-refractivity contribution in [1.29, 1.82) is 0 Å². The maximum Gasteiger partial charge on any atom is 0.239 e. The largest absolute Gasteiger partial charge is 0.381 e. The molecule has 1 aliphatic heterocycles. The predicted molar refractivity (Wildman–Crippen MR) is 89.2 cm³/mol. The topological polar surface area (TPSA) is 67.4 Å². The maximum atomic E-state index is 12.0. The van der Waals surface area contributed by atoms with Crippen molar-refractivity contribution in [2.75, 3.05) is 26.3 Å². The third-order valence-corrected chi connectivity index (χ3v) is 4.56. The summed E-state index contributed by atoms with van der Waals surface area (Å²) in [6.45, 7) is 5.89. The van der Waals surface area contributed by atoms with Gasteiger partial charge in [0.15, 0.2) is 0 Å². The molecule has 5 heteroatoms. The Hall–Kier alpha value is -1.88. The first-order valence-corrected chi connectivity index (χ1v) is 8.24. The van der Waals surface area contributed by atoms with Gasteiger partial charge in [-0.05, 0) is 30.9 Å². The van der Waals surface area contributed by atoms with Gasteiger partial charge in [0.05, 0.1) is 6.54 Å². The lowest BCUT2D eigenvalue weighted by Gasteiger charge is -2.39. The Balaban J connectivity index is 2.04. The minimum Gasteiger partial charge on any atom is -0.381 e. The van der Waals surface area contributed by atoms with Crippen LogP contribution in [0.25, 0.3) is 0 Å². The zero-order valence-electron chi connectivity index (χ0n) is 14.0. The smallest absolute Gasteiger partial charge is 0.239 e. The molecule has 2 rings (SSSR count). The molecule has 0 saturated carbocycles. The summed E-state index contributed by atoms with van der Waals surface area (Å²) in [5.41, 5.74) is 2.43. The van der Waals surface area contributed by atoms with Crippen molar-refractivity contribution in [2.45, 2.75) is 38.5 Å².